The van der Waals surface area contributed by atoms with Gasteiger partial charge < -0.3 is 36.4 Å². The van der Waals surface area contributed by atoms with Crippen LogP contribution in [0.5, 0.6) is 0 Å². The van der Waals surface area contributed by atoms with E-state index in [1.807, 2.05) is 0 Å². The molecule has 0 rings (SSSR count). The number of hydrogen-bond donors (Lipinski definition) is 3. The first kappa shape index (κ1) is 18.3. The average molecular weight is 373 g/mol. The number of carboxylic acids is 2. The Bertz CT molecular complexity index is 138. The Labute approximate surface area is 89.0 Å². The van der Waals surface area contributed by atoms with Crippen molar-refractivity contribution in [3.8, 4) is 0 Å². The van der Waals surface area contributed by atoms with Gasteiger partial charge in [-0.1, -0.05) is 0 Å². The van der Waals surface area contributed by atoms with Crippen molar-refractivity contribution in [3.63, 3.8) is 0 Å². The fourth-order valence-corrected chi connectivity index (χ4v) is 0.0962. The number of hydrogen-bond acceptors (Lipinski definition) is 7. The molecular weight excluding hydrogens is 363 g/mol. The molecule has 0 fully saturated rings. The van der Waals surface area contributed by atoms with Crippen molar-refractivity contribution < 1.29 is 46.0 Å². The fourth-order valence-electron chi connectivity index (χ4n) is 0.0962. The van der Waals surface area contributed by atoms with E-state index in [1.165, 1.54) is 0 Å². The Balaban J connectivity index is -0.000000143. The maximum Gasteiger partial charge on any atom is 2.00 e. The Morgan fingerprint density at radius 3 is 1.38 bits per heavy atom. The summed E-state index contributed by atoms with van der Waals surface area (Å²) in [5.41, 5.74) is 9.91. The number of rotatable bonds is 2. The molecule has 0 aromatic carbocycles. The van der Waals surface area contributed by atoms with E-state index >= 15 is 0 Å². The molecule has 0 heterocycles. The summed E-state index contributed by atoms with van der Waals surface area (Å²) in [4.78, 5) is 17.9. The van der Waals surface area contributed by atoms with Crippen molar-refractivity contribution >= 4 is 11.9 Å². The summed E-state index contributed by atoms with van der Waals surface area (Å²) in [6.45, 7) is 0.521. The van der Waals surface area contributed by atoms with Gasteiger partial charge in [-0.3, -0.25) is 0 Å². The molecule has 0 saturated heterocycles. The van der Waals surface area contributed by atoms with Gasteiger partial charge in [-0.2, -0.15) is 0 Å². The van der Waals surface area contributed by atoms with Crippen LogP contribution in [-0.4, -0.2) is 36.2 Å². The molecule has 0 atom stereocenters. The van der Waals surface area contributed by atoms with Crippen LogP contribution >= 0.6 is 0 Å². The summed E-state index contributed by atoms with van der Waals surface area (Å²) in [7, 11) is 0. The summed E-state index contributed by atoms with van der Waals surface area (Å²) in [5.74, 6) is -4.37. The Hall–Kier alpha value is -0.492. The third-order valence-electron chi connectivity index (χ3n) is 0.711. The van der Waals surface area contributed by atoms with E-state index in [1.54, 1.807) is 0 Å². The summed E-state index contributed by atoms with van der Waals surface area (Å²) >= 11 is 0. The monoisotopic (exact) mass is 373 g/mol. The van der Waals surface area contributed by atoms with Gasteiger partial charge in [-0.25, -0.2) is 0 Å². The third kappa shape index (κ3) is 18.5. The van der Waals surface area contributed by atoms with E-state index in [0.717, 1.165) is 0 Å². The SMILES string of the molecule is NCC(O)CN.O=C([O-])C(=O)[O-].[Pt+2]. The van der Waals surface area contributed by atoms with Gasteiger partial charge in [0, 0.05) is 13.1 Å². The van der Waals surface area contributed by atoms with Gasteiger partial charge in [0.05, 0.1) is 18.0 Å². The molecule has 0 bridgehead atoms. The van der Waals surface area contributed by atoms with Crippen molar-refractivity contribution in [3.05, 3.63) is 0 Å². The molecule has 7 nitrogen and oxygen atoms in total. The number of aliphatic hydroxyl groups is 1. The van der Waals surface area contributed by atoms with E-state index in [-0.39, 0.29) is 34.2 Å². The molecule has 0 unspecified atom stereocenters. The van der Waals surface area contributed by atoms with Gasteiger partial charge in [-0.15, -0.1) is 0 Å². The number of nitrogens with two attached hydrogens (primary N) is 2. The molecule has 0 aliphatic heterocycles. The molecule has 0 amide bonds. The second kappa shape index (κ2) is 11.5. The summed E-state index contributed by atoms with van der Waals surface area (Å²) in [6.07, 6.45) is -0.509. The smallest absolute Gasteiger partial charge is 0.543 e. The molecular formula is C5H10N2O5Pt. The zero-order chi connectivity index (χ0) is 10.1. The van der Waals surface area contributed by atoms with Crippen LogP contribution in [0.4, 0.5) is 0 Å². The van der Waals surface area contributed by atoms with Crippen LogP contribution in [0.3, 0.4) is 0 Å². The first-order valence-electron chi connectivity index (χ1n) is 2.96. The fraction of sp³-hybridized carbons (Fsp3) is 0.600. The Kier molecular flexibility index (Phi) is 16.2. The van der Waals surface area contributed by atoms with Crippen LogP contribution in [0.2, 0.25) is 0 Å². The van der Waals surface area contributed by atoms with Gasteiger partial charge in [0.2, 0.25) is 0 Å². The van der Waals surface area contributed by atoms with Crippen molar-refractivity contribution in [1.82, 2.24) is 0 Å². The predicted octanol–water partition coefficient (Wildman–Crippen LogP) is -5.25. The van der Waals surface area contributed by atoms with Gasteiger partial charge in [0.25, 0.3) is 0 Å². The van der Waals surface area contributed by atoms with Crippen molar-refractivity contribution in [2.45, 2.75) is 6.10 Å². The Morgan fingerprint density at radius 2 is 1.38 bits per heavy atom. The number of carboxylic acid groups (broad SMARTS) is 2. The van der Waals surface area contributed by atoms with Gasteiger partial charge in [0.1, 0.15) is 0 Å². The van der Waals surface area contributed by atoms with Gasteiger partial charge in [-0.05, 0) is 0 Å². The zero-order valence-corrected chi connectivity index (χ0v) is 8.81. The minimum Gasteiger partial charge on any atom is -0.543 e. The molecule has 0 aliphatic rings. The van der Waals surface area contributed by atoms with Crippen LogP contribution in [-0.2, 0) is 30.7 Å². The first-order chi connectivity index (χ1) is 5.45. The average Bonchev–Trinajstić information content (AvgIpc) is 2.04. The van der Waals surface area contributed by atoms with Crippen LogP contribution in [0.15, 0.2) is 0 Å². The predicted molar refractivity (Wildman–Crippen MR) is 34.1 cm³/mol. The second-order valence-corrected chi connectivity index (χ2v) is 1.70. The van der Waals surface area contributed by atoms with Crippen LogP contribution < -0.4 is 21.7 Å². The van der Waals surface area contributed by atoms with Crippen LogP contribution in [0.1, 0.15) is 0 Å². The number of carbonyl (C=O) groups excluding carboxylic acids is 2. The summed E-state index contributed by atoms with van der Waals surface area (Å²) < 4.78 is 0. The maximum atomic E-state index is 8.93. The second-order valence-electron chi connectivity index (χ2n) is 1.70. The van der Waals surface area contributed by atoms with Gasteiger partial charge >= 0.3 is 21.1 Å². The molecule has 5 N–H and O–H groups in total. The van der Waals surface area contributed by atoms with Crippen LogP contribution in [0.25, 0.3) is 0 Å². The largest absolute Gasteiger partial charge is 2.00 e. The molecule has 80 valence electrons. The summed E-state index contributed by atoms with van der Waals surface area (Å²) in [5, 5.41) is 26.3. The van der Waals surface area contributed by atoms with E-state index in [9.17, 15) is 0 Å². The molecule has 0 aliphatic carbocycles. The summed E-state index contributed by atoms with van der Waals surface area (Å²) in [6, 6.07) is 0. The van der Waals surface area contributed by atoms with E-state index in [2.05, 4.69) is 0 Å². The topological polar surface area (TPSA) is 153 Å². The molecule has 0 aromatic heterocycles. The maximum absolute atomic E-state index is 8.93. The molecule has 0 saturated carbocycles. The normalized spacial score (nSPS) is 8.00. The molecule has 8 heteroatoms. The molecule has 0 aromatic rings. The van der Waals surface area contributed by atoms with Crippen molar-refractivity contribution in [1.29, 1.82) is 0 Å². The van der Waals surface area contributed by atoms with Gasteiger partial charge in [0.15, 0.2) is 0 Å². The standard InChI is InChI=1S/C3H10N2O.C2H2O4.Pt/c4-1-3(6)2-5;3-1(4)2(5)6;/h3,6H,1-2,4-5H2;(H,3,4)(H,5,6);/q;;+2/p-2. The van der Waals surface area contributed by atoms with Crippen molar-refractivity contribution in [2.75, 3.05) is 13.1 Å². The van der Waals surface area contributed by atoms with E-state index in [4.69, 9.17) is 36.4 Å². The van der Waals surface area contributed by atoms with E-state index in [0.29, 0.717) is 0 Å². The molecule has 0 radical (unpaired) electrons. The van der Waals surface area contributed by atoms with E-state index < -0.39 is 18.0 Å². The first-order valence-corrected chi connectivity index (χ1v) is 2.96. The molecule has 13 heavy (non-hydrogen) atoms. The Morgan fingerprint density at radius 1 is 1.15 bits per heavy atom. The zero-order valence-electron chi connectivity index (χ0n) is 6.54. The third-order valence-corrected chi connectivity index (χ3v) is 0.711. The quantitative estimate of drug-likeness (QED) is 0.409. The molecule has 0 spiro atoms. The van der Waals surface area contributed by atoms with Crippen molar-refractivity contribution in [2.24, 2.45) is 11.5 Å². The number of aliphatic carboxylic acids is 2. The van der Waals surface area contributed by atoms with Crippen LogP contribution in [0, 0.1) is 0 Å². The number of carbonyl (C=O) groups is 2. The minimum absolute atomic E-state index is 0. The number of aliphatic hydroxyl groups excluding tert-OH is 1. The minimum atomic E-state index is -2.19.